The van der Waals surface area contributed by atoms with Crippen molar-refractivity contribution in [2.45, 2.75) is 30.5 Å². The molecule has 3 heterocycles. The number of thioether (sulfide) groups is 1. The third-order valence-electron chi connectivity index (χ3n) is 5.84. The number of aromatic amines is 1. The first-order valence-corrected chi connectivity index (χ1v) is 12.5. The molecule has 1 aliphatic rings. The summed E-state index contributed by atoms with van der Waals surface area (Å²) in [6, 6.07) is 13.3. The van der Waals surface area contributed by atoms with E-state index in [-0.39, 0.29) is 11.9 Å². The van der Waals surface area contributed by atoms with Crippen molar-refractivity contribution in [1.82, 2.24) is 14.9 Å². The number of nitrogens with zero attached hydrogens (tertiary/aromatic N) is 2. The second-order valence-electron chi connectivity index (χ2n) is 7.98. The summed E-state index contributed by atoms with van der Waals surface area (Å²) in [7, 11) is 1.38. The molecular weight excluding hydrogens is 454 g/mol. The van der Waals surface area contributed by atoms with Gasteiger partial charge in [0, 0.05) is 63.3 Å². The van der Waals surface area contributed by atoms with E-state index in [1.807, 2.05) is 48.2 Å². The Balaban J connectivity index is 1.30. The highest BCUT2D eigenvalue weighted by Crippen LogP contribution is 2.30. The fraction of sp³-hybridized carbons (Fsp3) is 0.240. The number of hydrogen-bond acceptors (Lipinski definition) is 6. The number of hydrogen-bond donors (Lipinski definition) is 1. The average molecular weight is 478 g/mol. The number of methoxy groups -OCH3 is 1. The van der Waals surface area contributed by atoms with Gasteiger partial charge in [-0.15, -0.1) is 23.1 Å². The van der Waals surface area contributed by atoms with Crippen LogP contribution in [-0.2, 0) is 23.5 Å². The molecule has 0 bridgehead atoms. The van der Waals surface area contributed by atoms with Crippen LogP contribution in [0.3, 0.4) is 0 Å². The number of amides is 1. The van der Waals surface area contributed by atoms with E-state index in [9.17, 15) is 9.59 Å². The first-order valence-electron chi connectivity index (χ1n) is 10.7. The molecule has 33 heavy (non-hydrogen) atoms. The van der Waals surface area contributed by atoms with Crippen LogP contribution in [0, 0.1) is 6.92 Å². The van der Waals surface area contributed by atoms with Crippen molar-refractivity contribution < 1.29 is 14.3 Å². The van der Waals surface area contributed by atoms with Gasteiger partial charge in [-0.3, -0.25) is 4.79 Å². The SMILES string of the molecule is COC(=O)c1ccc2[nH]c3c(c2c1)CN(C(=O)c1ccc(SCc2csc(C)n2)cc1)CC3. The molecule has 0 atom stereocenters. The predicted octanol–water partition coefficient (Wildman–Crippen LogP) is 5.21. The van der Waals surface area contributed by atoms with Crippen LogP contribution in [0.5, 0.6) is 0 Å². The molecule has 0 saturated heterocycles. The number of esters is 1. The van der Waals surface area contributed by atoms with Crippen LogP contribution in [0.15, 0.2) is 52.7 Å². The molecule has 1 amide bonds. The number of rotatable bonds is 5. The monoisotopic (exact) mass is 477 g/mol. The van der Waals surface area contributed by atoms with Crippen molar-refractivity contribution >= 4 is 45.9 Å². The third kappa shape index (κ3) is 4.41. The van der Waals surface area contributed by atoms with Crippen molar-refractivity contribution in [3.63, 3.8) is 0 Å². The van der Waals surface area contributed by atoms with E-state index in [0.29, 0.717) is 24.2 Å². The summed E-state index contributed by atoms with van der Waals surface area (Å²) in [5.41, 5.74) is 5.44. The normalized spacial score (nSPS) is 13.2. The molecule has 0 fully saturated rings. The number of H-pyrrole nitrogens is 1. The minimum absolute atomic E-state index is 0.0193. The zero-order chi connectivity index (χ0) is 22.9. The lowest BCUT2D eigenvalue weighted by molar-refractivity contribution is 0.0600. The number of aryl methyl sites for hydroxylation is 1. The molecule has 6 nitrogen and oxygen atoms in total. The van der Waals surface area contributed by atoms with Crippen LogP contribution in [0.25, 0.3) is 10.9 Å². The summed E-state index contributed by atoms with van der Waals surface area (Å²) in [6.45, 7) is 3.18. The lowest BCUT2D eigenvalue weighted by Gasteiger charge is -2.27. The number of thiazole rings is 1. The Morgan fingerprint density at radius 3 is 2.70 bits per heavy atom. The van der Waals surface area contributed by atoms with Gasteiger partial charge in [0.1, 0.15) is 0 Å². The van der Waals surface area contributed by atoms with E-state index in [4.69, 9.17) is 4.74 Å². The van der Waals surface area contributed by atoms with Gasteiger partial charge in [-0.2, -0.15) is 0 Å². The summed E-state index contributed by atoms with van der Waals surface area (Å²) in [5, 5.41) is 4.13. The number of carbonyl (C=O) groups excluding carboxylic acids is 2. The maximum Gasteiger partial charge on any atom is 0.337 e. The van der Waals surface area contributed by atoms with Gasteiger partial charge in [0.25, 0.3) is 5.91 Å². The zero-order valence-electron chi connectivity index (χ0n) is 18.4. The van der Waals surface area contributed by atoms with Crippen molar-refractivity contribution in [1.29, 1.82) is 0 Å². The van der Waals surface area contributed by atoms with Gasteiger partial charge in [0.2, 0.25) is 0 Å². The Labute approximate surface area is 200 Å². The van der Waals surface area contributed by atoms with Crippen molar-refractivity contribution in [3.8, 4) is 0 Å². The molecular formula is C25H23N3O3S2. The molecule has 0 unspecified atom stereocenters. The van der Waals surface area contributed by atoms with Crippen molar-refractivity contribution in [2.24, 2.45) is 0 Å². The Kier molecular flexibility index (Phi) is 5.95. The molecule has 0 saturated carbocycles. The first-order chi connectivity index (χ1) is 16.0. The number of carbonyl (C=O) groups is 2. The zero-order valence-corrected chi connectivity index (χ0v) is 20.0. The van der Waals surface area contributed by atoms with Gasteiger partial charge in [0.05, 0.1) is 23.4 Å². The van der Waals surface area contributed by atoms with Gasteiger partial charge in [-0.1, -0.05) is 0 Å². The standard InChI is InChI=1S/C25H23N3O3S2/c1-15-26-18(13-32-15)14-33-19-6-3-16(4-7-19)24(29)28-10-9-23-21(12-28)20-11-17(25(30)31-2)5-8-22(20)27-23/h3-8,11,13,27H,9-10,12,14H2,1-2H3. The quantitative estimate of drug-likeness (QED) is 0.315. The van der Waals surface area contributed by atoms with Crippen LogP contribution in [0.4, 0.5) is 0 Å². The topological polar surface area (TPSA) is 75.3 Å². The average Bonchev–Trinajstić information content (AvgIpc) is 3.44. The molecule has 8 heteroatoms. The van der Waals surface area contributed by atoms with Crippen LogP contribution in [-0.4, -0.2) is 40.4 Å². The molecule has 1 aliphatic heterocycles. The number of fused-ring (bicyclic) bond motifs is 3. The van der Waals surface area contributed by atoms with Gasteiger partial charge in [0.15, 0.2) is 0 Å². The lowest BCUT2D eigenvalue weighted by atomic mass is 10.0. The highest BCUT2D eigenvalue weighted by molar-refractivity contribution is 7.98. The van der Waals surface area contributed by atoms with E-state index in [1.54, 1.807) is 29.2 Å². The van der Waals surface area contributed by atoms with Gasteiger partial charge in [-0.25, -0.2) is 9.78 Å². The van der Waals surface area contributed by atoms with Gasteiger partial charge >= 0.3 is 5.97 Å². The lowest BCUT2D eigenvalue weighted by Crippen LogP contribution is -2.35. The van der Waals surface area contributed by atoms with Crippen molar-refractivity contribution in [2.75, 3.05) is 13.7 Å². The van der Waals surface area contributed by atoms with Gasteiger partial charge in [-0.05, 0) is 49.4 Å². The highest BCUT2D eigenvalue weighted by atomic mass is 32.2. The molecule has 0 spiro atoms. The summed E-state index contributed by atoms with van der Waals surface area (Å²) in [5.74, 6) is 0.477. The number of nitrogens with one attached hydrogen (secondary N) is 1. The summed E-state index contributed by atoms with van der Waals surface area (Å²) in [6.07, 6.45) is 0.754. The van der Waals surface area contributed by atoms with E-state index >= 15 is 0 Å². The fourth-order valence-corrected chi connectivity index (χ4v) is 5.65. The number of benzene rings is 2. The maximum absolute atomic E-state index is 13.2. The third-order valence-corrected chi connectivity index (χ3v) is 7.71. The summed E-state index contributed by atoms with van der Waals surface area (Å²) < 4.78 is 4.86. The van der Waals surface area contributed by atoms with Crippen LogP contribution in [0.1, 0.15) is 42.7 Å². The van der Waals surface area contributed by atoms with E-state index in [1.165, 1.54) is 7.11 Å². The van der Waals surface area contributed by atoms with E-state index < -0.39 is 0 Å². The van der Waals surface area contributed by atoms with E-state index in [0.717, 1.165) is 49.9 Å². The molecule has 2 aromatic carbocycles. The fourth-order valence-electron chi connectivity index (χ4n) is 4.14. The Hall–Kier alpha value is -3.10. The van der Waals surface area contributed by atoms with Crippen molar-refractivity contribution in [3.05, 3.63) is 80.9 Å². The first kappa shape index (κ1) is 21.7. The summed E-state index contributed by atoms with van der Waals surface area (Å²) >= 11 is 3.38. The van der Waals surface area contributed by atoms with Gasteiger partial charge < -0.3 is 14.6 Å². The largest absolute Gasteiger partial charge is 0.465 e. The molecule has 4 aromatic rings. The Bertz CT molecular complexity index is 1340. The molecule has 168 valence electrons. The molecule has 2 aromatic heterocycles. The maximum atomic E-state index is 13.2. The molecule has 0 radical (unpaired) electrons. The minimum atomic E-state index is -0.363. The van der Waals surface area contributed by atoms with E-state index in [2.05, 4.69) is 15.3 Å². The van der Waals surface area contributed by atoms with Crippen LogP contribution >= 0.6 is 23.1 Å². The second-order valence-corrected chi connectivity index (χ2v) is 10.1. The smallest absolute Gasteiger partial charge is 0.337 e. The van der Waals surface area contributed by atoms with Crippen LogP contribution in [0.2, 0.25) is 0 Å². The molecule has 5 rings (SSSR count). The highest BCUT2D eigenvalue weighted by Gasteiger charge is 2.25. The van der Waals surface area contributed by atoms with Crippen LogP contribution < -0.4 is 0 Å². The summed E-state index contributed by atoms with van der Waals surface area (Å²) in [4.78, 5) is 36.1. The number of ether oxygens (including phenoxy) is 1. The Morgan fingerprint density at radius 1 is 1.18 bits per heavy atom. The molecule has 0 aliphatic carbocycles. The minimum Gasteiger partial charge on any atom is -0.465 e. The number of aromatic nitrogens is 2. The Morgan fingerprint density at radius 2 is 1.97 bits per heavy atom. The predicted molar refractivity (Wildman–Crippen MR) is 131 cm³/mol. The second kappa shape index (κ2) is 9.03. The molecule has 1 N–H and O–H groups in total.